The third-order valence-corrected chi connectivity index (χ3v) is 8.05. The molecule has 2 aliphatic heterocycles. The van der Waals surface area contributed by atoms with Crippen molar-refractivity contribution < 1.29 is 9.53 Å². The molecule has 1 aliphatic carbocycles. The summed E-state index contributed by atoms with van der Waals surface area (Å²) >= 11 is 0. The number of aromatic nitrogens is 2. The van der Waals surface area contributed by atoms with Crippen LogP contribution in [0.25, 0.3) is 0 Å². The van der Waals surface area contributed by atoms with Crippen LogP contribution in [0.5, 0.6) is 5.88 Å². The first-order chi connectivity index (χ1) is 19.1. The van der Waals surface area contributed by atoms with Crippen LogP contribution in [-0.2, 0) is 0 Å². The first-order valence-corrected chi connectivity index (χ1v) is 13.8. The zero-order valence-corrected chi connectivity index (χ0v) is 22.3. The summed E-state index contributed by atoms with van der Waals surface area (Å²) in [6, 6.07) is 10.3. The van der Waals surface area contributed by atoms with E-state index >= 15 is 0 Å². The van der Waals surface area contributed by atoms with Crippen molar-refractivity contribution in [1.82, 2.24) is 14.9 Å². The van der Waals surface area contributed by atoms with Crippen molar-refractivity contribution in [2.24, 2.45) is 0 Å². The molecule has 0 radical (unpaired) electrons. The van der Waals surface area contributed by atoms with Crippen molar-refractivity contribution in [3.05, 3.63) is 64.2 Å². The zero-order valence-electron chi connectivity index (χ0n) is 22.3. The Bertz CT molecular complexity index is 1390. The highest BCUT2D eigenvalue weighted by Crippen LogP contribution is 2.34. The smallest absolute Gasteiger partial charge is 0.263 e. The Kier molecular flexibility index (Phi) is 7.10. The van der Waals surface area contributed by atoms with Crippen LogP contribution in [0.2, 0.25) is 0 Å². The molecule has 3 aromatic rings. The Morgan fingerprint density at radius 1 is 1.05 bits per heavy atom. The Labute approximate surface area is 227 Å². The molecular weight excluding hydrogens is 494 g/mol. The minimum Gasteiger partial charge on any atom is -0.474 e. The van der Waals surface area contributed by atoms with Gasteiger partial charge in [-0.25, -0.2) is 4.98 Å². The lowest BCUT2D eigenvalue weighted by Gasteiger charge is -2.39. The van der Waals surface area contributed by atoms with Crippen LogP contribution in [0.15, 0.2) is 47.5 Å². The van der Waals surface area contributed by atoms with Crippen molar-refractivity contribution in [2.75, 3.05) is 60.2 Å². The highest BCUT2D eigenvalue weighted by Gasteiger charge is 2.26. The molecular formula is C29H35N7O3. The van der Waals surface area contributed by atoms with E-state index in [1.54, 1.807) is 12.3 Å². The largest absolute Gasteiger partial charge is 0.474 e. The quantitative estimate of drug-likeness (QED) is 0.380. The molecule has 1 amide bonds. The minimum atomic E-state index is -0.484. The van der Waals surface area contributed by atoms with Gasteiger partial charge in [-0.1, -0.05) is 12.8 Å². The maximum absolute atomic E-state index is 13.3. The summed E-state index contributed by atoms with van der Waals surface area (Å²) in [5.41, 5.74) is 4.10. The average molecular weight is 530 g/mol. The zero-order chi connectivity index (χ0) is 26.8. The number of fused-ring (bicyclic) bond motifs is 1. The predicted octanol–water partition coefficient (Wildman–Crippen LogP) is 3.94. The average Bonchev–Trinajstić information content (AvgIpc) is 3.51. The van der Waals surface area contributed by atoms with E-state index in [0.717, 1.165) is 49.2 Å². The summed E-state index contributed by atoms with van der Waals surface area (Å²) in [7, 11) is 0. The number of carbonyl (C=O) groups is 1. The number of rotatable bonds is 6. The van der Waals surface area contributed by atoms with Crippen molar-refractivity contribution in [3.63, 3.8) is 0 Å². The summed E-state index contributed by atoms with van der Waals surface area (Å²) in [5.74, 6) is 0.0645. The molecule has 0 unspecified atom stereocenters. The van der Waals surface area contributed by atoms with Gasteiger partial charge in [0, 0.05) is 61.9 Å². The van der Waals surface area contributed by atoms with Crippen LogP contribution in [0.3, 0.4) is 0 Å². The highest BCUT2D eigenvalue weighted by molar-refractivity contribution is 6.08. The van der Waals surface area contributed by atoms with E-state index in [0.29, 0.717) is 36.1 Å². The molecule has 1 aromatic carbocycles. The summed E-state index contributed by atoms with van der Waals surface area (Å²) in [6.07, 6.45) is 8.57. The van der Waals surface area contributed by atoms with Gasteiger partial charge in [0.1, 0.15) is 17.9 Å². The molecule has 0 atom stereocenters. The molecule has 2 aromatic heterocycles. The predicted molar refractivity (Wildman–Crippen MR) is 154 cm³/mol. The number of ether oxygens (including phenoxy) is 1. The number of amides is 1. The molecule has 4 heterocycles. The third kappa shape index (κ3) is 5.29. The number of piperazine rings is 1. The van der Waals surface area contributed by atoms with E-state index in [2.05, 4.69) is 35.7 Å². The monoisotopic (exact) mass is 529 g/mol. The normalized spacial score (nSPS) is 17.7. The number of anilines is 5. The molecule has 10 nitrogen and oxygen atoms in total. The van der Waals surface area contributed by atoms with Crippen LogP contribution < -0.4 is 31.1 Å². The van der Waals surface area contributed by atoms with Gasteiger partial charge in [0.2, 0.25) is 5.88 Å². The van der Waals surface area contributed by atoms with E-state index in [4.69, 9.17) is 4.74 Å². The second-order valence-corrected chi connectivity index (χ2v) is 10.4. The number of hydrogen-bond acceptors (Lipinski definition) is 8. The Morgan fingerprint density at radius 3 is 2.59 bits per heavy atom. The number of benzene rings is 1. The molecule has 204 valence electrons. The first-order valence-electron chi connectivity index (χ1n) is 13.8. The molecule has 0 spiro atoms. The molecule has 10 heteroatoms. The van der Waals surface area contributed by atoms with Gasteiger partial charge < -0.3 is 30.6 Å². The number of carbonyl (C=O) groups excluding carboxylic acids is 1. The lowest BCUT2D eigenvalue weighted by atomic mass is 10.1. The fourth-order valence-electron chi connectivity index (χ4n) is 5.86. The fraction of sp³-hybridized carbons (Fsp3) is 0.414. The number of aromatic amines is 1. The van der Waals surface area contributed by atoms with Crippen LogP contribution in [0, 0.1) is 6.92 Å². The molecule has 39 heavy (non-hydrogen) atoms. The summed E-state index contributed by atoms with van der Waals surface area (Å²) in [5, 5.41) is 9.42. The number of nitrogens with one attached hydrogen (secondary N) is 4. The van der Waals surface area contributed by atoms with Gasteiger partial charge >= 0.3 is 0 Å². The molecule has 4 N–H and O–H groups in total. The number of hydrogen-bond donors (Lipinski definition) is 4. The van der Waals surface area contributed by atoms with E-state index < -0.39 is 11.5 Å². The van der Waals surface area contributed by atoms with E-state index in [1.165, 1.54) is 31.9 Å². The maximum Gasteiger partial charge on any atom is 0.263 e. The SMILES string of the molecule is Cc1c(Nc2cc[nH]c(=O)c2C(=O)Nc2ccc(N3CCN(C4CCCC4)CC3)cc2)cnc2c1NCCO2. The molecule has 2 fully saturated rings. The second kappa shape index (κ2) is 11.0. The summed E-state index contributed by atoms with van der Waals surface area (Å²) in [6.45, 7) is 7.39. The lowest BCUT2D eigenvalue weighted by Crippen LogP contribution is -2.49. The van der Waals surface area contributed by atoms with Crippen LogP contribution in [0.1, 0.15) is 41.6 Å². The first kappa shape index (κ1) is 25.2. The van der Waals surface area contributed by atoms with Gasteiger partial charge in [-0.2, -0.15) is 0 Å². The number of nitrogens with zero attached hydrogens (tertiary/aromatic N) is 3. The maximum atomic E-state index is 13.3. The van der Waals surface area contributed by atoms with E-state index in [1.807, 2.05) is 31.2 Å². The van der Waals surface area contributed by atoms with E-state index in [-0.39, 0.29) is 5.56 Å². The van der Waals surface area contributed by atoms with Crippen LogP contribution in [-0.4, -0.2) is 66.1 Å². The van der Waals surface area contributed by atoms with Crippen molar-refractivity contribution in [3.8, 4) is 5.88 Å². The molecule has 6 rings (SSSR count). The van der Waals surface area contributed by atoms with Crippen molar-refractivity contribution in [2.45, 2.75) is 38.6 Å². The van der Waals surface area contributed by atoms with Gasteiger partial charge in [0.25, 0.3) is 11.5 Å². The highest BCUT2D eigenvalue weighted by atomic mass is 16.5. The Morgan fingerprint density at radius 2 is 1.82 bits per heavy atom. The minimum absolute atomic E-state index is 0.00550. The molecule has 0 bridgehead atoms. The lowest BCUT2D eigenvalue weighted by molar-refractivity contribution is 0.102. The summed E-state index contributed by atoms with van der Waals surface area (Å²) < 4.78 is 5.60. The Balaban J connectivity index is 1.13. The molecule has 1 saturated carbocycles. The standard InChI is InChI=1S/C29H35N7O3/c1-19-24(18-32-29-26(19)30-12-17-39-29)34-23-10-11-31-27(37)25(23)28(38)33-20-6-8-22(9-7-20)36-15-13-35(14-16-36)21-4-2-3-5-21/h6-11,18,21,30H,2-5,12-17H2,1H3,(H,33,38)(H2,31,34,37). The van der Waals surface area contributed by atoms with Gasteiger partial charge in [-0.05, 0) is 50.1 Å². The summed E-state index contributed by atoms with van der Waals surface area (Å²) in [4.78, 5) is 38.1. The van der Waals surface area contributed by atoms with Gasteiger partial charge in [0.05, 0.1) is 17.6 Å². The topological polar surface area (TPSA) is 115 Å². The van der Waals surface area contributed by atoms with Gasteiger partial charge in [0.15, 0.2) is 0 Å². The van der Waals surface area contributed by atoms with Gasteiger partial charge in [-0.15, -0.1) is 0 Å². The number of H-pyrrole nitrogens is 1. The fourth-order valence-corrected chi connectivity index (χ4v) is 5.86. The number of pyridine rings is 2. The second-order valence-electron chi connectivity index (χ2n) is 10.4. The molecule has 3 aliphatic rings. The van der Waals surface area contributed by atoms with Crippen LogP contribution >= 0.6 is 0 Å². The third-order valence-electron chi connectivity index (χ3n) is 8.05. The van der Waals surface area contributed by atoms with Crippen LogP contribution in [0.4, 0.5) is 28.4 Å². The molecule has 1 saturated heterocycles. The van der Waals surface area contributed by atoms with Gasteiger partial charge in [-0.3, -0.25) is 14.5 Å². The van der Waals surface area contributed by atoms with Crippen molar-refractivity contribution in [1.29, 1.82) is 0 Å². The Hall–Kier alpha value is -4.05. The van der Waals surface area contributed by atoms with Crippen molar-refractivity contribution >= 4 is 34.3 Å². The van der Waals surface area contributed by atoms with E-state index in [9.17, 15) is 9.59 Å².